The third-order valence-electron chi connectivity index (χ3n) is 4.19. The van der Waals surface area contributed by atoms with Crippen LogP contribution in [0.4, 0.5) is 0 Å². The summed E-state index contributed by atoms with van der Waals surface area (Å²) in [5.74, 6) is -1.49. The van der Waals surface area contributed by atoms with Gasteiger partial charge in [0.05, 0.1) is 11.6 Å². The molecule has 0 spiro atoms. The Hall–Kier alpha value is -2.59. The normalized spacial score (nSPS) is 19.8. The molecule has 5 heteroatoms. The molecule has 1 aliphatic heterocycles. The Morgan fingerprint density at radius 1 is 1.04 bits per heavy atom. The molecule has 0 aromatic heterocycles. The Morgan fingerprint density at radius 2 is 1.62 bits per heavy atom. The SMILES string of the molecule is Cc1ccc(C(O)=C2C(=O)C(=O)N(C)[C@@H]2c2ccc(Cl)cc2)cc1. The molecule has 2 aromatic rings. The number of aliphatic hydroxyl groups excluding tert-OH is 1. The minimum atomic E-state index is -0.685. The molecule has 122 valence electrons. The molecule has 1 amide bonds. The molecular weight excluding hydrogens is 326 g/mol. The highest BCUT2D eigenvalue weighted by atomic mass is 35.5. The third kappa shape index (κ3) is 2.69. The van der Waals surface area contributed by atoms with Crippen LogP contribution in [-0.4, -0.2) is 28.7 Å². The van der Waals surface area contributed by atoms with E-state index >= 15 is 0 Å². The highest BCUT2D eigenvalue weighted by Gasteiger charge is 2.44. The van der Waals surface area contributed by atoms with Gasteiger partial charge >= 0.3 is 0 Å². The molecule has 1 N–H and O–H groups in total. The number of likely N-dealkylation sites (tertiary alicyclic amines) is 1. The van der Waals surface area contributed by atoms with E-state index in [4.69, 9.17) is 11.6 Å². The number of amides is 1. The largest absolute Gasteiger partial charge is 0.507 e. The quantitative estimate of drug-likeness (QED) is 0.515. The highest BCUT2D eigenvalue weighted by molar-refractivity contribution is 6.46. The topological polar surface area (TPSA) is 57.6 Å². The van der Waals surface area contributed by atoms with Gasteiger partial charge in [-0.15, -0.1) is 0 Å². The number of halogens is 1. The molecule has 2 aromatic carbocycles. The first-order valence-corrected chi connectivity index (χ1v) is 7.85. The van der Waals surface area contributed by atoms with Gasteiger partial charge in [-0.05, 0) is 24.6 Å². The second-order valence-corrected chi connectivity index (χ2v) is 6.26. The molecule has 0 radical (unpaired) electrons. The van der Waals surface area contributed by atoms with Crippen LogP contribution in [0.3, 0.4) is 0 Å². The number of carbonyl (C=O) groups is 2. The summed E-state index contributed by atoms with van der Waals surface area (Å²) in [5, 5.41) is 11.2. The van der Waals surface area contributed by atoms with Crippen LogP contribution in [0.2, 0.25) is 5.02 Å². The van der Waals surface area contributed by atoms with Crippen LogP contribution in [0.5, 0.6) is 0 Å². The first-order chi connectivity index (χ1) is 11.4. The van der Waals surface area contributed by atoms with E-state index in [0.29, 0.717) is 10.6 Å². The van der Waals surface area contributed by atoms with Crippen molar-refractivity contribution >= 4 is 29.1 Å². The molecule has 0 unspecified atom stereocenters. The number of hydrogen-bond donors (Lipinski definition) is 1. The first-order valence-electron chi connectivity index (χ1n) is 7.47. The Kier molecular flexibility index (Phi) is 4.16. The van der Waals surface area contributed by atoms with Gasteiger partial charge in [0.1, 0.15) is 5.76 Å². The maximum absolute atomic E-state index is 12.4. The maximum atomic E-state index is 12.4. The fourth-order valence-electron chi connectivity index (χ4n) is 2.85. The number of hydrogen-bond acceptors (Lipinski definition) is 3. The number of benzene rings is 2. The zero-order chi connectivity index (χ0) is 17.4. The summed E-state index contributed by atoms with van der Waals surface area (Å²) in [6.07, 6.45) is 0. The molecule has 1 fully saturated rings. The van der Waals surface area contributed by atoms with Crippen LogP contribution in [0.15, 0.2) is 54.1 Å². The van der Waals surface area contributed by atoms with E-state index in [0.717, 1.165) is 11.1 Å². The Bertz CT molecular complexity index is 838. The summed E-state index contributed by atoms with van der Waals surface area (Å²) < 4.78 is 0. The first kappa shape index (κ1) is 16.3. The number of nitrogens with zero attached hydrogens (tertiary/aromatic N) is 1. The molecule has 24 heavy (non-hydrogen) atoms. The fourth-order valence-corrected chi connectivity index (χ4v) is 2.98. The van der Waals surface area contributed by atoms with Gasteiger partial charge < -0.3 is 10.0 Å². The van der Waals surface area contributed by atoms with E-state index < -0.39 is 17.7 Å². The molecule has 0 aliphatic carbocycles. The Balaban J connectivity index is 2.16. The minimum absolute atomic E-state index is 0.0914. The van der Waals surface area contributed by atoms with Gasteiger partial charge in [0.25, 0.3) is 11.7 Å². The van der Waals surface area contributed by atoms with Crippen LogP contribution in [0, 0.1) is 6.92 Å². The van der Waals surface area contributed by atoms with Gasteiger partial charge in [-0.1, -0.05) is 53.6 Å². The van der Waals surface area contributed by atoms with Crippen LogP contribution < -0.4 is 0 Å². The van der Waals surface area contributed by atoms with Crippen LogP contribution >= 0.6 is 11.6 Å². The monoisotopic (exact) mass is 341 g/mol. The van der Waals surface area contributed by atoms with Crippen molar-refractivity contribution < 1.29 is 14.7 Å². The van der Waals surface area contributed by atoms with Crippen LogP contribution in [0.25, 0.3) is 5.76 Å². The average Bonchev–Trinajstić information content (AvgIpc) is 2.80. The number of carbonyl (C=O) groups excluding carboxylic acids is 2. The van der Waals surface area contributed by atoms with E-state index in [-0.39, 0.29) is 11.3 Å². The molecule has 1 heterocycles. The lowest BCUT2D eigenvalue weighted by atomic mass is 9.95. The van der Waals surface area contributed by atoms with Gasteiger partial charge in [-0.3, -0.25) is 9.59 Å². The summed E-state index contributed by atoms with van der Waals surface area (Å²) in [6, 6.07) is 13.4. The average molecular weight is 342 g/mol. The summed E-state index contributed by atoms with van der Waals surface area (Å²) >= 11 is 5.91. The predicted octanol–water partition coefficient (Wildman–Crippen LogP) is 3.70. The van der Waals surface area contributed by atoms with E-state index in [2.05, 4.69) is 0 Å². The molecule has 4 nitrogen and oxygen atoms in total. The zero-order valence-electron chi connectivity index (χ0n) is 13.3. The van der Waals surface area contributed by atoms with Crippen molar-refractivity contribution in [3.8, 4) is 0 Å². The lowest BCUT2D eigenvalue weighted by Gasteiger charge is -2.21. The molecule has 1 aliphatic rings. The number of aryl methyl sites for hydroxylation is 1. The van der Waals surface area contributed by atoms with E-state index in [9.17, 15) is 14.7 Å². The van der Waals surface area contributed by atoms with Gasteiger partial charge in [-0.25, -0.2) is 0 Å². The van der Waals surface area contributed by atoms with Gasteiger partial charge in [-0.2, -0.15) is 0 Å². The standard InChI is InChI=1S/C19H16ClNO3/c1-11-3-5-13(6-4-11)17(22)15-16(21(2)19(24)18(15)23)12-7-9-14(20)10-8-12/h3-10,16,22H,1-2H3/t16-/m1/s1. The van der Waals surface area contributed by atoms with Crippen molar-refractivity contribution in [1.29, 1.82) is 0 Å². The predicted molar refractivity (Wildman–Crippen MR) is 92.7 cm³/mol. The van der Waals surface area contributed by atoms with Crippen molar-refractivity contribution in [2.45, 2.75) is 13.0 Å². The summed E-state index contributed by atoms with van der Waals surface area (Å²) in [7, 11) is 1.55. The van der Waals surface area contributed by atoms with E-state index in [1.165, 1.54) is 4.90 Å². The molecule has 1 atom stereocenters. The van der Waals surface area contributed by atoms with Crippen molar-refractivity contribution in [2.75, 3.05) is 7.05 Å². The van der Waals surface area contributed by atoms with Crippen molar-refractivity contribution in [2.24, 2.45) is 0 Å². The minimum Gasteiger partial charge on any atom is -0.507 e. The number of aliphatic hydroxyl groups is 1. The summed E-state index contributed by atoms with van der Waals surface area (Å²) in [4.78, 5) is 25.9. The van der Waals surface area contributed by atoms with E-state index in [1.807, 2.05) is 19.1 Å². The Morgan fingerprint density at radius 3 is 2.21 bits per heavy atom. The van der Waals surface area contributed by atoms with E-state index in [1.54, 1.807) is 43.4 Å². The van der Waals surface area contributed by atoms with Gasteiger partial charge in [0.2, 0.25) is 0 Å². The molecule has 3 rings (SSSR count). The lowest BCUT2D eigenvalue weighted by Crippen LogP contribution is -2.24. The Labute approximate surface area is 145 Å². The molecular formula is C19H16ClNO3. The van der Waals surface area contributed by atoms with Crippen molar-refractivity contribution in [1.82, 2.24) is 4.90 Å². The fraction of sp³-hybridized carbons (Fsp3) is 0.158. The zero-order valence-corrected chi connectivity index (χ0v) is 14.0. The maximum Gasteiger partial charge on any atom is 0.295 e. The van der Waals surface area contributed by atoms with Gasteiger partial charge in [0.15, 0.2) is 0 Å². The van der Waals surface area contributed by atoms with Crippen LogP contribution in [-0.2, 0) is 9.59 Å². The van der Waals surface area contributed by atoms with Gasteiger partial charge in [0, 0.05) is 17.6 Å². The molecule has 0 bridgehead atoms. The number of rotatable bonds is 2. The lowest BCUT2D eigenvalue weighted by molar-refractivity contribution is -0.139. The molecule has 0 saturated carbocycles. The second-order valence-electron chi connectivity index (χ2n) is 5.83. The van der Waals surface area contributed by atoms with Crippen molar-refractivity contribution in [3.63, 3.8) is 0 Å². The third-order valence-corrected chi connectivity index (χ3v) is 4.44. The smallest absolute Gasteiger partial charge is 0.295 e. The highest BCUT2D eigenvalue weighted by Crippen LogP contribution is 2.38. The van der Waals surface area contributed by atoms with Crippen molar-refractivity contribution in [3.05, 3.63) is 75.8 Å². The molecule has 1 saturated heterocycles. The number of ketones is 1. The second kappa shape index (κ2) is 6.13. The number of likely N-dealkylation sites (N-methyl/N-ethyl adjacent to an activating group) is 1. The number of Topliss-reactive ketones (excluding diaryl/α,β-unsaturated/α-hetero) is 1. The summed E-state index contributed by atoms with van der Waals surface area (Å²) in [5.41, 5.74) is 2.35. The van der Waals surface area contributed by atoms with Crippen LogP contribution in [0.1, 0.15) is 22.7 Å². The summed E-state index contributed by atoms with van der Waals surface area (Å²) in [6.45, 7) is 1.93.